The van der Waals surface area contributed by atoms with Gasteiger partial charge < -0.3 is 4.57 Å². The molecule has 1 aromatic carbocycles. The molecule has 3 heterocycles. The van der Waals surface area contributed by atoms with E-state index in [4.69, 9.17) is 0 Å². The van der Waals surface area contributed by atoms with Crippen LogP contribution in [0.2, 0.25) is 0 Å². The summed E-state index contributed by atoms with van der Waals surface area (Å²) in [6.45, 7) is 3.71. The molecule has 0 saturated carbocycles. The minimum atomic E-state index is -0.307. The summed E-state index contributed by atoms with van der Waals surface area (Å²) in [5.74, 6) is -0.495. The van der Waals surface area contributed by atoms with Gasteiger partial charge in [0.05, 0.1) is 11.4 Å². The fourth-order valence-electron chi connectivity index (χ4n) is 3.03. The van der Waals surface area contributed by atoms with E-state index in [1.165, 1.54) is 28.2 Å². The molecule has 0 radical (unpaired) electrons. The third-order valence-electron chi connectivity index (χ3n) is 4.16. The van der Waals surface area contributed by atoms with E-state index in [0.717, 1.165) is 28.2 Å². The molecule has 0 aliphatic rings. The van der Waals surface area contributed by atoms with Crippen molar-refractivity contribution in [1.82, 2.24) is 14.3 Å². The summed E-state index contributed by atoms with van der Waals surface area (Å²) in [7, 11) is 0. The highest BCUT2D eigenvalue weighted by molar-refractivity contribution is 7.13. The Morgan fingerprint density at radius 2 is 1.88 bits per heavy atom. The quantitative estimate of drug-likeness (QED) is 0.521. The summed E-state index contributed by atoms with van der Waals surface area (Å²) in [6.07, 6.45) is 3.76. The molecular formula is C20H16FN3OS. The molecule has 4 aromatic rings. The average molecular weight is 365 g/mol. The fourth-order valence-corrected chi connectivity index (χ4v) is 4.03. The molecule has 0 atom stereocenters. The van der Waals surface area contributed by atoms with Crippen LogP contribution in [0.3, 0.4) is 0 Å². The summed E-state index contributed by atoms with van der Waals surface area (Å²) in [4.78, 5) is 13.7. The van der Waals surface area contributed by atoms with Crippen LogP contribution in [-0.4, -0.2) is 20.3 Å². The van der Waals surface area contributed by atoms with Crippen LogP contribution in [0.15, 0.2) is 60.2 Å². The molecule has 130 valence electrons. The van der Waals surface area contributed by atoms with Crippen LogP contribution in [0.25, 0.3) is 16.8 Å². The molecule has 26 heavy (non-hydrogen) atoms. The van der Waals surface area contributed by atoms with Crippen molar-refractivity contribution in [2.24, 2.45) is 0 Å². The SMILES string of the molecule is Cc1cc(C)n(C(=O)c2scc(-c3cccc(F)c3)c2-n2cccc2)n1. The van der Waals surface area contributed by atoms with Gasteiger partial charge in [0, 0.05) is 29.0 Å². The van der Waals surface area contributed by atoms with Crippen LogP contribution in [0.5, 0.6) is 0 Å². The van der Waals surface area contributed by atoms with Gasteiger partial charge in [0.15, 0.2) is 0 Å². The molecule has 0 amide bonds. The van der Waals surface area contributed by atoms with Crippen LogP contribution in [-0.2, 0) is 0 Å². The first-order chi connectivity index (χ1) is 12.5. The minimum Gasteiger partial charge on any atom is -0.322 e. The maximum Gasteiger partial charge on any atom is 0.290 e. The molecule has 0 N–H and O–H groups in total. The highest BCUT2D eigenvalue weighted by atomic mass is 32.1. The molecule has 6 heteroatoms. The fraction of sp³-hybridized carbons (Fsp3) is 0.100. The summed E-state index contributed by atoms with van der Waals surface area (Å²) in [6, 6.07) is 12.1. The molecule has 4 nitrogen and oxygen atoms in total. The molecule has 0 aliphatic heterocycles. The second-order valence-electron chi connectivity index (χ2n) is 6.07. The Kier molecular flexibility index (Phi) is 4.05. The monoisotopic (exact) mass is 365 g/mol. The predicted molar refractivity (Wildman–Crippen MR) is 100 cm³/mol. The number of aryl methyl sites for hydroxylation is 2. The van der Waals surface area contributed by atoms with Crippen molar-refractivity contribution in [3.8, 4) is 16.8 Å². The van der Waals surface area contributed by atoms with E-state index >= 15 is 0 Å². The Morgan fingerprint density at radius 1 is 1.12 bits per heavy atom. The zero-order valence-corrected chi connectivity index (χ0v) is 15.1. The lowest BCUT2D eigenvalue weighted by molar-refractivity contribution is 0.0946. The molecule has 0 spiro atoms. The Bertz CT molecular complexity index is 1090. The summed E-state index contributed by atoms with van der Waals surface area (Å²) >= 11 is 1.34. The summed E-state index contributed by atoms with van der Waals surface area (Å²) in [5.41, 5.74) is 3.86. The molecule has 0 bridgehead atoms. The normalized spacial score (nSPS) is 11.0. The molecule has 0 saturated heterocycles. The van der Waals surface area contributed by atoms with Gasteiger partial charge in [-0.2, -0.15) is 5.10 Å². The van der Waals surface area contributed by atoms with Gasteiger partial charge in [-0.1, -0.05) is 12.1 Å². The largest absolute Gasteiger partial charge is 0.322 e. The summed E-state index contributed by atoms with van der Waals surface area (Å²) in [5, 5.41) is 6.20. The number of halogens is 1. The number of thiophene rings is 1. The van der Waals surface area contributed by atoms with Gasteiger partial charge in [-0.05, 0) is 49.7 Å². The van der Waals surface area contributed by atoms with Crippen LogP contribution >= 0.6 is 11.3 Å². The number of rotatable bonds is 3. The maximum absolute atomic E-state index is 13.7. The van der Waals surface area contributed by atoms with Gasteiger partial charge in [0.25, 0.3) is 5.91 Å². The van der Waals surface area contributed by atoms with Crippen molar-refractivity contribution in [2.45, 2.75) is 13.8 Å². The zero-order chi connectivity index (χ0) is 18.3. The second-order valence-corrected chi connectivity index (χ2v) is 6.95. The topological polar surface area (TPSA) is 39.8 Å². The number of carbonyl (C=O) groups excluding carboxylic acids is 1. The number of aromatic nitrogens is 3. The lowest BCUT2D eigenvalue weighted by Crippen LogP contribution is -2.16. The number of hydrogen-bond acceptors (Lipinski definition) is 3. The molecule has 3 aromatic heterocycles. The van der Waals surface area contributed by atoms with Crippen LogP contribution in [0, 0.1) is 19.7 Å². The lowest BCUT2D eigenvalue weighted by atomic mass is 10.1. The first-order valence-electron chi connectivity index (χ1n) is 8.13. The molecule has 4 rings (SSSR count). The third-order valence-corrected chi connectivity index (χ3v) is 5.12. The van der Waals surface area contributed by atoms with Gasteiger partial charge in [0.2, 0.25) is 0 Å². The highest BCUT2D eigenvalue weighted by Gasteiger charge is 2.23. The summed E-state index contributed by atoms with van der Waals surface area (Å²) < 4.78 is 17.0. The molecular weight excluding hydrogens is 349 g/mol. The highest BCUT2D eigenvalue weighted by Crippen LogP contribution is 2.35. The first kappa shape index (κ1) is 16.5. The predicted octanol–water partition coefficient (Wildman–Crippen LogP) is 4.85. The smallest absolute Gasteiger partial charge is 0.290 e. The van der Waals surface area contributed by atoms with Gasteiger partial charge in [-0.25, -0.2) is 9.07 Å². The van der Waals surface area contributed by atoms with Crippen molar-refractivity contribution in [3.05, 3.63) is 82.3 Å². The number of hydrogen-bond donors (Lipinski definition) is 0. The zero-order valence-electron chi connectivity index (χ0n) is 14.3. The Balaban J connectivity index is 1.91. The van der Waals surface area contributed by atoms with Gasteiger partial charge in [-0.3, -0.25) is 4.79 Å². The van der Waals surface area contributed by atoms with E-state index < -0.39 is 0 Å². The molecule has 0 fully saturated rings. The lowest BCUT2D eigenvalue weighted by Gasteiger charge is -2.10. The van der Waals surface area contributed by atoms with E-state index in [1.54, 1.807) is 6.07 Å². The van der Waals surface area contributed by atoms with Gasteiger partial charge in [0.1, 0.15) is 10.7 Å². The van der Waals surface area contributed by atoms with Gasteiger partial charge >= 0.3 is 0 Å². The standard InChI is InChI=1S/C20H16FN3OS/c1-13-10-14(2)24(22-13)20(25)19-18(23-8-3-4-9-23)17(12-26-19)15-6-5-7-16(21)11-15/h3-12H,1-2H3. The number of nitrogens with zero attached hydrogens (tertiary/aromatic N) is 3. The van der Waals surface area contributed by atoms with Crippen molar-refractivity contribution in [2.75, 3.05) is 0 Å². The maximum atomic E-state index is 13.7. The van der Waals surface area contributed by atoms with Crippen molar-refractivity contribution in [1.29, 1.82) is 0 Å². The van der Waals surface area contributed by atoms with Crippen LogP contribution in [0.4, 0.5) is 4.39 Å². The van der Waals surface area contributed by atoms with Crippen molar-refractivity contribution >= 4 is 17.2 Å². The number of benzene rings is 1. The average Bonchev–Trinajstić information content (AvgIpc) is 3.32. The molecule has 0 aliphatic carbocycles. The Morgan fingerprint density at radius 3 is 2.54 bits per heavy atom. The van der Waals surface area contributed by atoms with E-state index in [2.05, 4.69) is 5.10 Å². The van der Waals surface area contributed by atoms with E-state index in [1.807, 2.05) is 60.5 Å². The van der Waals surface area contributed by atoms with Crippen molar-refractivity contribution in [3.63, 3.8) is 0 Å². The van der Waals surface area contributed by atoms with Crippen molar-refractivity contribution < 1.29 is 9.18 Å². The third kappa shape index (κ3) is 2.78. The van der Waals surface area contributed by atoms with E-state index in [0.29, 0.717) is 4.88 Å². The minimum absolute atomic E-state index is 0.188. The van der Waals surface area contributed by atoms with Crippen LogP contribution in [0.1, 0.15) is 21.1 Å². The van der Waals surface area contributed by atoms with E-state index in [9.17, 15) is 9.18 Å². The molecule has 0 unspecified atom stereocenters. The van der Waals surface area contributed by atoms with E-state index in [-0.39, 0.29) is 11.7 Å². The van der Waals surface area contributed by atoms with Crippen LogP contribution < -0.4 is 0 Å². The Labute approximate surface area is 154 Å². The second kappa shape index (κ2) is 6.38. The van der Waals surface area contributed by atoms with Gasteiger partial charge in [-0.15, -0.1) is 11.3 Å². The number of carbonyl (C=O) groups is 1. The Hall–Kier alpha value is -2.99. The first-order valence-corrected chi connectivity index (χ1v) is 9.01.